The number of amides is 1. The molecule has 3 N–H and O–H groups in total. The molecule has 41 heavy (non-hydrogen) atoms. The normalized spacial score (nSPS) is 13.7. The number of aromatic amines is 2. The molecule has 1 aromatic carbocycles. The van der Waals surface area contributed by atoms with Gasteiger partial charge in [-0.25, -0.2) is 9.37 Å². The van der Waals surface area contributed by atoms with Gasteiger partial charge in [-0.15, -0.1) is 0 Å². The number of pyridine rings is 3. The minimum absolute atomic E-state index is 0.0523. The number of ether oxygens (including phenoxy) is 1. The van der Waals surface area contributed by atoms with Crippen molar-refractivity contribution in [3.05, 3.63) is 73.1 Å². The van der Waals surface area contributed by atoms with Crippen molar-refractivity contribution in [3.63, 3.8) is 0 Å². The summed E-state index contributed by atoms with van der Waals surface area (Å²) in [5, 5.41) is 12.2. The molecule has 10 heteroatoms. The summed E-state index contributed by atoms with van der Waals surface area (Å²) < 4.78 is 19.5. The lowest BCUT2D eigenvalue weighted by Gasteiger charge is -2.11. The van der Waals surface area contributed by atoms with Crippen LogP contribution in [0.25, 0.3) is 55.7 Å². The van der Waals surface area contributed by atoms with E-state index in [-0.39, 0.29) is 11.8 Å². The van der Waals surface area contributed by atoms with Crippen molar-refractivity contribution in [2.24, 2.45) is 5.92 Å². The van der Waals surface area contributed by atoms with Gasteiger partial charge in [0, 0.05) is 63.6 Å². The SMILES string of the molecule is COc1cc(F)cc(-c2nccc3[nH]c(-c4n[nH]c5ncc(-c6cncc(NC(=O)C7CCCC7)c6)cc45)cc23)c1. The number of benzene rings is 1. The van der Waals surface area contributed by atoms with Crippen LogP contribution in [0.2, 0.25) is 0 Å². The molecule has 0 unspecified atom stereocenters. The lowest BCUT2D eigenvalue weighted by molar-refractivity contribution is -0.119. The highest BCUT2D eigenvalue weighted by atomic mass is 19.1. The van der Waals surface area contributed by atoms with Gasteiger partial charge in [0.2, 0.25) is 5.91 Å². The zero-order chi connectivity index (χ0) is 27.9. The van der Waals surface area contributed by atoms with E-state index < -0.39 is 5.82 Å². The fourth-order valence-corrected chi connectivity index (χ4v) is 5.59. The quantitative estimate of drug-likeness (QED) is 0.219. The zero-order valence-corrected chi connectivity index (χ0v) is 22.2. The first kappa shape index (κ1) is 24.9. The van der Waals surface area contributed by atoms with E-state index in [0.29, 0.717) is 34.0 Å². The summed E-state index contributed by atoms with van der Waals surface area (Å²) >= 11 is 0. The number of carbonyl (C=O) groups is 1. The highest BCUT2D eigenvalue weighted by Crippen LogP contribution is 2.35. The number of carbonyl (C=O) groups excluding carboxylic acids is 1. The molecule has 9 nitrogen and oxygen atoms in total. The summed E-state index contributed by atoms with van der Waals surface area (Å²) in [6.07, 6.45) is 10.9. The fraction of sp³-hybridized carbons (Fsp3) is 0.194. The van der Waals surface area contributed by atoms with E-state index in [2.05, 4.69) is 35.5 Å². The Bertz CT molecular complexity index is 1920. The second-order valence-electron chi connectivity index (χ2n) is 10.3. The Hall–Kier alpha value is -5.12. The van der Waals surface area contributed by atoms with Crippen LogP contribution in [0.5, 0.6) is 5.75 Å². The van der Waals surface area contributed by atoms with Gasteiger partial charge < -0.3 is 15.0 Å². The minimum atomic E-state index is -0.400. The molecular formula is C31H26FN7O2. The van der Waals surface area contributed by atoms with Crippen LogP contribution in [0.15, 0.2) is 67.3 Å². The monoisotopic (exact) mass is 547 g/mol. The maximum absolute atomic E-state index is 14.3. The predicted molar refractivity (Wildman–Crippen MR) is 155 cm³/mol. The van der Waals surface area contributed by atoms with Crippen LogP contribution in [0.1, 0.15) is 25.7 Å². The third kappa shape index (κ3) is 4.67. The topological polar surface area (TPSA) is 121 Å². The van der Waals surface area contributed by atoms with Crippen LogP contribution in [0, 0.1) is 11.7 Å². The molecule has 0 bridgehead atoms. The van der Waals surface area contributed by atoms with E-state index in [4.69, 9.17) is 4.74 Å². The van der Waals surface area contributed by atoms with Crippen LogP contribution in [-0.4, -0.2) is 43.2 Å². The molecule has 5 heterocycles. The number of fused-ring (bicyclic) bond motifs is 2. The van der Waals surface area contributed by atoms with E-state index in [9.17, 15) is 9.18 Å². The maximum atomic E-state index is 14.3. The first-order valence-electron chi connectivity index (χ1n) is 13.5. The zero-order valence-electron chi connectivity index (χ0n) is 22.2. The molecule has 1 fully saturated rings. The summed E-state index contributed by atoms with van der Waals surface area (Å²) in [5.74, 6) is 0.141. The lowest BCUT2D eigenvalue weighted by atomic mass is 10.1. The van der Waals surface area contributed by atoms with Gasteiger partial charge in [0.05, 0.1) is 30.4 Å². The Morgan fingerprint density at radius 2 is 1.80 bits per heavy atom. The number of nitrogens with one attached hydrogen (secondary N) is 3. The van der Waals surface area contributed by atoms with Crippen molar-refractivity contribution in [1.29, 1.82) is 0 Å². The van der Waals surface area contributed by atoms with E-state index in [1.165, 1.54) is 19.2 Å². The van der Waals surface area contributed by atoms with Crippen LogP contribution in [-0.2, 0) is 4.79 Å². The number of hydrogen-bond acceptors (Lipinski definition) is 6. The molecule has 0 saturated heterocycles. The third-order valence-corrected chi connectivity index (χ3v) is 7.67. The van der Waals surface area contributed by atoms with Gasteiger partial charge in [-0.05, 0) is 49.2 Å². The highest BCUT2D eigenvalue weighted by Gasteiger charge is 2.23. The van der Waals surface area contributed by atoms with Gasteiger partial charge in [0.1, 0.15) is 17.3 Å². The first-order valence-corrected chi connectivity index (χ1v) is 13.5. The third-order valence-electron chi connectivity index (χ3n) is 7.67. The molecule has 1 aliphatic rings. The molecule has 0 aliphatic heterocycles. The highest BCUT2D eigenvalue weighted by molar-refractivity contribution is 6.00. The number of anilines is 1. The van der Waals surface area contributed by atoms with E-state index >= 15 is 0 Å². The second kappa shape index (κ2) is 10.1. The van der Waals surface area contributed by atoms with Crippen molar-refractivity contribution in [2.45, 2.75) is 25.7 Å². The molecule has 6 aromatic rings. The lowest BCUT2D eigenvalue weighted by Crippen LogP contribution is -2.20. The number of halogens is 1. The van der Waals surface area contributed by atoms with Crippen LogP contribution < -0.4 is 10.1 Å². The van der Waals surface area contributed by atoms with Crippen molar-refractivity contribution in [1.82, 2.24) is 30.1 Å². The summed E-state index contributed by atoms with van der Waals surface area (Å²) in [7, 11) is 1.50. The molecule has 1 aliphatic carbocycles. The van der Waals surface area contributed by atoms with E-state index in [0.717, 1.165) is 58.8 Å². The summed E-state index contributed by atoms with van der Waals surface area (Å²) in [5.41, 5.74) is 6.50. The van der Waals surface area contributed by atoms with Gasteiger partial charge in [-0.2, -0.15) is 5.10 Å². The van der Waals surface area contributed by atoms with Crippen molar-refractivity contribution in [3.8, 4) is 39.5 Å². The van der Waals surface area contributed by atoms with Gasteiger partial charge >= 0.3 is 0 Å². The van der Waals surface area contributed by atoms with Crippen molar-refractivity contribution in [2.75, 3.05) is 12.4 Å². The Balaban J connectivity index is 1.25. The number of rotatable bonds is 6. The van der Waals surface area contributed by atoms with Gasteiger partial charge in [-0.3, -0.25) is 19.9 Å². The van der Waals surface area contributed by atoms with Crippen molar-refractivity contribution < 1.29 is 13.9 Å². The Kier molecular flexibility index (Phi) is 6.15. The summed E-state index contributed by atoms with van der Waals surface area (Å²) in [4.78, 5) is 29.6. The van der Waals surface area contributed by atoms with E-state index in [1.807, 2.05) is 24.3 Å². The molecule has 0 atom stereocenters. The second-order valence-corrected chi connectivity index (χ2v) is 10.3. The minimum Gasteiger partial charge on any atom is -0.497 e. The average molecular weight is 548 g/mol. The summed E-state index contributed by atoms with van der Waals surface area (Å²) in [6.45, 7) is 0. The van der Waals surface area contributed by atoms with Crippen LogP contribution >= 0.6 is 0 Å². The number of H-pyrrole nitrogens is 2. The number of hydrogen-bond donors (Lipinski definition) is 3. The predicted octanol–water partition coefficient (Wildman–Crippen LogP) is 6.51. The van der Waals surface area contributed by atoms with E-state index in [1.54, 1.807) is 30.9 Å². The molecule has 0 spiro atoms. The molecular weight excluding hydrogens is 521 g/mol. The molecule has 7 rings (SSSR count). The largest absolute Gasteiger partial charge is 0.497 e. The Morgan fingerprint density at radius 1 is 0.951 bits per heavy atom. The Morgan fingerprint density at radius 3 is 2.66 bits per heavy atom. The maximum Gasteiger partial charge on any atom is 0.227 e. The fourth-order valence-electron chi connectivity index (χ4n) is 5.59. The standard InChI is InChI=1S/C31H26FN7O2/c1-41-23-10-18(8-21(32)12-23)28-24-13-27(37-26(24)6-7-34-28)29-25-11-20(15-35-30(25)39-38-29)19-9-22(16-33-14-19)36-31(40)17-4-2-3-5-17/h6-17,37H,2-5H2,1H3,(H,36,40)(H,35,38,39). The molecule has 1 amide bonds. The molecule has 1 saturated carbocycles. The molecule has 0 radical (unpaired) electrons. The number of nitrogens with zero attached hydrogens (tertiary/aromatic N) is 4. The average Bonchev–Trinajstić information content (AvgIpc) is 3.76. The molecule has 5 aromatic heterocycles. The van der Waals surface area contributed by atoms with Gasteiger partial charge in [0.15, 0.2) is 5.65 Å². The Labute approximate surface area is 234 Å². The molecule has 204 valence electrons. The van der Waals surface area contributed by atoms with Crippen LogP contribution in [0.3, 0.4) is 0 Å². The number of aromatic nitrogens is 6. The van der Waals surface area contributed by atoms with Crippen LogP contribution in [0.4, 0.5) is 10.1 Å². The van der Waals surface area contributed by atoms with Crippen molar-refractivity contribution >= 4 is 33.5 Å². The summed E-state index contributed by atoms with van der Waals surface area (Å²) in [6, 6.07) is 12.3. The van der Waals surface area contributed by atoms with Gasteiger partial charge in [-0.1, -0.05) is 12.8 Å². The first-order chi connectivity index (χ1) is 20.1. The van der Waals surface area contributed by atoms with Gasteiger partial charge in [0.25, 0.3) is 0 Å². The smallest absolute Gasteiger partial charge is 0.227 e. The number of methoxy groups -OCH3 is 1.